The first-order valence-corrected chi connectivity index (χ1v) is 8.72. The van der Waals surface area contributed by atoms with Gasteiger partial charge in [0.2, 0.25) is 15.8 Å². The van der Waals surface area contributed by atoms with Gasteiger partial charge in [0.15, 0.2) is 4.67 Å². The van der Waals surface area contributed by atoms with Crippen molar-refractivity contribution in [1.82, 2.24) is 4.72 Å². The third kappa shape index (κ3) is 5.10. The molecule has 9 heteroatoms. The van der Waals surface area contributed by atoms with E-state index in [0.29, 0.717) is 6.42 Å². The van der Waals surface area contributed by atoms with Crippen LogP contribution in [0.4, 0.5) is 0 Å². The SMILES string of the molecule is CCCC(CCO)CNS(=O)(=O)c1cc(C(=O)O)oc1Br. The van der Waals surface area contributed by atoms with Gasteiger partial charge in [-0.25, -0.2) is 17.9 Å². The zero-order chi connectivity index (χ0) is 16.0. The average Bonchev–Trinajstić information content (AvgIpc) is 2.80. The summed E-state index contributed by atoms with van der Waals surface area (Å²) in [5, 5.41) is 17.7. The molecule has 0 aliphatic heterocycles. The van der Waals surface area contributed by atoms with Gasteiger partial charge in [0.05, 0.1) is 0 Å². The normalized spacial score (nSPS) is 13.3. The molecular formula is C12H18BrNO6S. The van der Waals surface area contributed by atoms with E-state index in [1.54, 1.807) is 0 Å². The van der Waals surface area contributed by atoms with Crippen LogP contribution in [0.3, 0.4) is 0 Å². The monoisotopic (exact) mass is 383 g/mol. The molecule has 21 heavy (non-hydrogen) atoms. The minimum atomic E-state index is -3.87. The van der Waals surface area contributed by atoms with Crippen molar-refractivity contribution in [1.29, 1.82) is 0 Å². The predicted molar refractivity (Wildman–Crippen MR) is 78.7 cm³/mol. The van der Waals surface area contributed by atoms with Gasteiger partial charge in [-0.2, -0.15) is 0 Å². The number of carboxylic acids is 1. The number of carboxylic acid groups (broad SMARTS) is 1. The van der Waals surface area contributed by atoms with Gasteiger partial charge in [0.25, 0.3) is 0 Å². The Kier molecular flexibility index (Phi) is 6.85. The van der Waals surface area contributed by atoms with Gasteiger partial charge < -0.3 is 14.6 Å². The minimum Gasteiger partial charge on any atom is -0.475 e. The van der Waals surface area contributed by atoms with Gasteiger partial charge in [-0.1, -0.05) is 13.3 Å². The topological polar surface area (TPSA) is 117 Å². The standard InChI is InChI=1S/C12H18BrNO6S/c1-2-3-8(4-5-15)7-14-21(18,19)10-6-9(12(16)17)20-11(10)13/h6,8,14-15H,2-5,7H2,1H3,(H,16,17). The van der Waals surface area contributed by atoms with Crippen LogP contribution in [0.15, 0.2) is 20.0 Å². The summed E-state index contributed by atoms with van der Waals surface area (Å²) < 4.78 is 31.4. The Morgan fingerprint density at radius 2 is 2.14 bits per heavy atom. The Bertz CT molecular complexity index is 577. The van der Waals surface area contributed by atoms with Crippen LogP contribution in [0, 0.1) is 5.92 Å². The number of aliphatic hydroxyl groups is 1. The summed E-state index contributed by atoms with van der Waals surface area (Å²) in [6.45, 7) is 2.15. The number of furan rings is 1. The van der Waals surface area contributed by atoms with E-state index in [1.807, 2.05) is 6.92 Å². The quantitative estimate of drug-likeness (QED) is 0.598. The van der Waals surface area contributed by atoms with E-state index in [2.05, 4.69) is 20.7 Å². The fourth-order valence-electron chi connectivity index (χ4n) is 1.89. The molecule has 0 aliphatic carbocycles. The second-order valence-corrected chi connectivity index (χ2v) is 7.03. The van der Waals surface area contributed by atoms with Crippen molar-refractivity contribution in [2.75, 3.05) is 13.2 Å². The molecule has 1 atom stereocenters. The molecule has 120 valence electrons. The molecule has 1 aromatic rings. The zero-order valence-corrected chi connectivity index (χ0v) is 13.9. The van der Waals surface area contributed by atoms with Crippen molar-refractivity contribution in [3.05, 3.63) is 16.5 Å². The highest BCUT2D eigenvalue weighted by Crippen LogP contribution is 2.26. The minimum absolute atomic E-state index is 0.00897. The zero-order valence-electron chi connectivity index (χ0n) is 11.5. The molecule has 1 heterocycles. The lowest BCUT2D eigenvalue weighted by atomic mass is 10.0. The second-order valence-electron chi connectivity index (χ2n) is 4.57. The van der Waals surface area contributed by atoms with Crippen molar-refractivity contribution < 1.29 is 27.8 Å². The van der Waals surface area contributed by atoms with E-state index in [0.717, 1.165) is 18.9 Å². The van der Waals surface area contributed by atoms with Crippen LogP contribution < -0.4 is 4.72 Å². The van der Waals surface area contributed by atoms with E-state index >= 15 is 0 Å². The van der Waals surface area contributed by atoms with Gasteiger partial charge in [-0.15, -0.1) is 0 Å². The van der Waals surface area contributed by atoms with Crippen molar-refractivity contribution in [2.24, 2.45) is 5.92 Å². The van der Waals surface area contributed by atoms with Crippen LogP contribution in [0.1, 0.15) is 36.7 Å². The number of aromatic carboxylic acids is 1. The summed E-state index contributed by atoms with van der Waals surface area (Å²) >= 11 is 2.90. The molecule has 1 unspecified atom stereocenters. The molecule has 0 radical (unpaired) electrons. The van der Waals surface area contributed by atoms with Crippen molar-refractivity contribution in [3.8, 4) is 0 Å². The average molecular weight is 384 g/mol. The highest BCUT2D eigenvalue weighted by molar-refractivity contribution is 9.10. The molecule has 1 aromatic heterocycles. The van der Waals surface area contributed by atoms with Gasteiger partial charge in [-0.3, -0.25) is 0 Å². The van der Waals surface area contributed by atoms with Crippen molar-refractivity contribution >= 4 is 31.9 Å². The van der Waals surface area contributed by atoms with E-state index < -0.39 is 21.8 Å². The van der Waals surface area contributed by atoms with E-state index in [4.69, 9.17) is 14.6 Å². The van der Waals surface area contributed by atoms with E-state index in [1.165, 1.54) is 0 Å². The maximum absolute atomic E-state index is 12.1. The van der Waals surface area contributed by atoms with Gasteiger partial charge >= 0.3 is 5.97 Å². The smallest absolute Gasteiger partial charge is 0.371 e. The van der Waals surface area contributed by atoms with Gasteiger partial charge in [-0.05, 0) is 34.7 Å². The number of sulfonamides is 1. The summed E-state index contributed by atoms with van der Waals surface area (Å²) in [5.41, 5.74) is 0. The molecular weight excluding hydrogens is 366 g/mol. The van der Waals surface area contributed by atoms with Gasteiger partial charge in [0.1, 0.15) is 4.90 Å². The number of hydrogen-bond acceptors (Lipinski definition) is 5. The maximum Gasteiger partial charge on any atom is 0.371 e. The highest BCUT2D eigenvalue weighted by Gasteiger charge is 2.25. The van der Waals surface area contributed by atoms with E-state index in [-0.39, 0.29) is 28.6 Å². The lowest BCUT2D eigenvalue weighted by Gasteiger charge is -2.15. The van der Waals surface area contributed by atoms with Crippen LogP contribution >= 0.6 is 15.9 Å². The Hall–Kier alpha value is -0.900. The lowest BCUT2D eigenvalue weighted by molar-refractivity contribution is 0.0661. The van der Waals surface area contributed by atoms with Crippen LogP contribution in [-0.4, -0.2) is 37.8 Å². The summed E-state index contributed by atoms with van der Waals surface area (Å²) in [4.78, 5) is 10.5. The van der Waals surface area contributed by atoms with Crippen LogP contribution in [-0.2, 0) is 10.0 Å². The Labute approximate surface area is 131 Å². The summed E-state index contributed by atoms with van der Waals surface area (Å²) in [6, 6.07) is 0.954. The fraction of sp³-hybridized carbons (Fsp3) is 0.583. The summed E-state index contributed by atoms with van der Waals surface area (Å²) in [6.07, 6.45) is 2.17. The fourth-order valence-corrected chi connectivity index (χ4v) is 3.94. The van der Waals surface area contributed by atoms with Crippen molar-refractivity contribution in [2.45, 2.75) is 31.1 Å². The van der Waals surface area contributed by atoms with Crippen LogP contribution in [0.2, 0.25) is 0 Å². The van der Waals surface area contributed by atoms with Crippen LogP contribution in [0.5, 0.6) is 0 Å². The summed E-state index contributed by atoms with van der Waals surface area (Å²) in [7, 11) is -3.87. The number of nitrogens with one attached hydrogen (secondary N) is 1. The molecule has 0 saturated heterocycles. The third-order valence-electron chi connectivity index (χ3n) is 2.95. The molecule has 0 fully saturated rings. The first kappa shape index (κ1) is 18.1. The Morgan fingerprint density at radius 1 is 1.48 bits per heavy atom. The molecule has 0 saturated carbocycles. The summed E-state index contributed by atoms with van der Waals surface area (Å²) in [5.74, 6) is -1.77. The number of carbonyl (C=O) groups is 1. The molecule has 1 rings (SSSR count). The Morgan fingerprint density at radius 3 is 2.62 bits per heavy atom. The van der Waals surface area contributed by atoms with Gasteiger partial charge in [0, 0.05) is 19.2 Å². The largest absolute Gasteiger partial charge is 0.475 e. The number of halogens is 1. The lowest BCUT2D eigenvalue weighted by Crippen LogP contribution is -2.29. The molecule has 0 spiro atoms. The van der Waals surface area contributed by atoms with E-state index in [9.17, 15) is 13.2 Å². The Balaban J connectivity index is 2.83. The first-order chi connectivity index (χ1) is 9.81. The predicted octanol–water partition coefficient (Wildman–Crippen LogP) is 1.82. The van der Waals surface area contributed by atoms with Crippen LogP contribution in [0.25, 0.3) is 0 Å². The number of aliphatic hydroxyl groups excluding tert-OH is 1. The van der Waals surface area contributed by atoms with Crippen molar-refractivity contribution in [3.63, 3.8) is 0 Å². The number of rotatable bonds is 9. The second kappa shape index (κ2) is 7.92. The molecule has 0 aliphatic rings. The third-order valence-corrected chi connectivity index (χ3v) is 5.23. The highest BCUT2D eigenvalue weighted by atomic mass is 79.9. The molecule has 0 aromatic carbocycles. The molecule has 0 bridgehead atoms. The molecule has 7 nitrogen and oxygen atoms in total. The molecule has 3 N–H and O–H groups in total. The number of hydrogen-bond donors (Lipinski definition) is 3. The maximum atomic E-state index is 12.1. The first-order valence-electron chi connectivity index (χ1n) is 6.45. The molecule has 0 amide bonds.